The van der Waals surface area contributed by atoms with Gasteiger partial charge in [-0.25, -0.2) is 9.97 Å². The molecule has 4 nitrogen and oxygen atoms in total. The van der Waals surface area contributed by atoms with Gasteiger partial charge in [0, 0.05) is 19.1 Å². The van der Waals surface area contributed by atoms with Crippen molar-refractivity contribution in [3.8, 4) is 0 Å². The molecule has 0 amide bonds. The Morgan fingerprint density at radius 3 is 2.85 bits per heavy atom. The van der Waals surface area contributed by atoms with Crippen molar-refractivity contribution >= 4 is 5.69 Å². The van der Waals surface area contributed by atoms with Gasteiger partial charge >= 0.3 is 0 Å². The van der Waals surface area contributed by atoms with Gasteiger partial charge in [0.1, 0.15) is 6.33 Å². The molecule has 0 radical (unpaired) electrons. The van der Waals surface area contributed by atoms with Crippen molar-refractivity contribution in [2.24, 2.45) is 5.73 Å². The maximum Gasteiger partial charge on any atom is 0.115 e. The van der Waals surface area contributed by atoms with Crippen molar-refractivity contribution in [2.75, 3.05) is 18.0 Å². The second-order valence-corrected chi connectivity index (χ2v) is 3.45. The molecule has 1 aliphatic heterocycles. The molecular weight excluding hydrogens is 164 g/mol. The first-order valence-corrected chi connectivity index (χ1v) is 4.62. The van der Waals surface area contributed by atoms with Crippen LogP contribution in [0.2, 0.25) is 0 Å². The van der Waals surface area contributed by atoms with E-state index in [0.717, 1.165) is 31.6 Å². The number of nitrogens with two attached hydrogens (primary N) is 1. The van der Waals surface area contributed by atoms with Crippen molar-refractivity contribution in [2.45, 2.75) is 18.9 Å². The monoisotopic (exact) mass is 178 g/mol. The molecule has 1 aromatic rings. The lowest BCUT2D eigenvalue weighted by Crippen LogP contribution is -2.42. The van der Waals surface area contributed by atoms with Crippen LogP contribution in [0.15, 0.2) is 18.7 Å². The van der Waals surface area contributed by atoms with E-state index in [2.05, 4.69) is 14.9 Å². The van der Waals surface area contributed by atoms with Crippen molar-refractivity contribution < 1.29 is 0 Å². The molecule has 2 N–H and O–H groups in total. The summed E-state index contributed by atoms with van der Waals surface area (Å²) in [5.41, 5.74) is 6.96. The lowest BCUT2D eigenvalue weighted by molar-refractivity contribution is 0.505. The second-order valence-electron chi connectivity index (χ2n) is 3.45. The smallest absolute Gasteiger partial charge is 0.115 e. The van der Waals surface area contributed by atoms with Gasteiger partial charge in [-0.3, -0.25) is 0 Å². The molecule has 0 spiro atoms. The zero-order valence-corrected chi connectivity index (χ0v) is 7.56. The van der Waals surface area contributed by atoms with Gasteiger partial charge in [0.05, 0.1) is 18.1 Å². The van der Waals surface area contributed by atoms with Gasteiger partial charge in [-0.2, -0.15) is 0 Å². The Kier molecular flexibility index (Phi) is 2.40. The van der Waals surface area contributed by atoms with Crippen LogP contribution in [0.25, 0.3) is 0 Å². The number of hydrogen-bond acceptors (Lipinski definition) is 4. The first kappa shape index (κ1) is 8.44. The van der Waals surface area contributed by atoms with Gasteiger partial charge in [0.2, 0.25) is 0 Å². The molecule has 0 aliphatic carbocycles. The summed E-state index contributed by atoms with van der Waals surface area (Å²) in [6.07, 6.45) is 7.52. The largest absolute Gasteiger partial charge is 0.367 e. The fraction of sp³-hybridized carbons (Fsp3) is 0.556. The topological polar surface area (TPSA) is 55.0 Å². The third kappa shape index (κ3) is 1.95. The standard InChI is InChI=1S/C9H14N4/c10-8-2-1-3-13(6-8)9-4-11-7-12-5-9/h4-5,7-8H,1-3,6,10H2/t8-/m0/s1. The van der Waals surface area contributed by atoms with E-state index in [4.69, 9.17) is 5.73 Å². The summed E-state index contributed by atoms with van der Waals surface area (Å²) in [6, 6.07) is 0.300. The SMILES string of the molecule is N[C@H]1CCCN(c2cncnc2)C1. The van der Waals surface area contributed by atoms with Gasteiger partial charge in [-0.15, -0.1) is 0 Å². The van der Waals surface area contributed by atoms with E-state index in [1.165, 1.54) is 0 Å². The fourth-order valence-electron chi connectivity index (χ4n) is 1.70. The van der Waals surface area contributed by atoms with Gasteiger partial charge in [-0.1, -0.05) is 0 Å². The maximum atomic E-state index is 5.88. The van der Waals surface area contributed by atoms with E-state index >= 15 is 0 Å². The minimum atomic E-state index is 0.300. The van der Waals surface area contributed by atoms with E-state index in [9.17, 15) is 0 Å². The molecule has 1 aliphatic rings. The van der Waals surface area contributed by atoms with Crippen LogP contribution in [0.5, 0.6) is 0 Å². The van der Waals surface area contributed by atoms with Crippen LogP contribution < -0.4 is 10.6 Å². The van der Waals surface area contributed by atoms with Crippen LogP contribution in [0.1, 0.15) is 12.8 Å². The molecule has 1 fully saturated rings. The Morgan fingerprint density at radius 2 is 2.15 bits per heavy atom. The van der Waals surface area contributed by atoms with Gasteiger partial charge < -0.3 is 10.6 Å². The van der Waals surface area contributed by atoms with Gasteiger partial charge in [0.25, 0.3) is 0 Å². The van der Waals surface area contributed by atoms with Crippen molar-refractivity contribution in [1.82, 2.24) is 9.97 Å². The normalized spacial score (nSPS) is 23.2. The Labute approximate surface area is 77.8 Å². The molecule has 1 atom stereocenters. The van der Waals surface area contributed by atoms with E-state index < -0.39 is 0 Å². The van der Waals surface area contributed by atoms with Crippen LogP contribution >= 0.6 is 0 Å². The van der Waals surface area contributed by atoms with Gasteiger partial charge in [-0.05, 0) is 12.8 Å². The van der Waals surface area contributed by atoms with E-state index in [0.29, 0.717) is 6.04 Å². The summed E-state index contributed by atoms with van der Waals surface area (Å²) in [4.78, 5) is 10.2. The Balaban J connectivity index is 2.08. The summed E-state index contributed by atoms with van der Waals surface area (Å²) in [5, 5.41) is 0. The summed E-state index contributed by atoms with van der Waals surface area (Å²) < 4.78 is 0. The average molecular weight is 178 g/mol. The highest BCUT2D eigenvalue weighted by Gasteiger charge is 2.16. The zero-order valence-electron chi connectivity index (χ0n) is 7.56. The highest BCUT2D eigenvalue weighted by atomic mass is 15.2. The molecule has 13 heavy (non-hydrogen) atoms. The summed E-state index contributed by atoms with van der Waals surface area (Å²) in [7, 11) is 0. The molecule has 2 heterocycles. The lowest BCUT2D eigenvalue weighted by Gasteiger charge is -2.31. The maximum absolute atomic E-state index is 5.88. The fourth-order valence-corrected chi connectivity index (χ4v) is 1.70. The van der Waals surface area contributed by atoms with Crippen LogP contribution in [-0.4, -0.2) is 29.1 Å². The highest BCUT2D eigenvalue weighted by molar-refractivity contribution is 5.42. The molecule has 1 aromatic heterocycles. The molecule has 70 valence electrons. The summed E-state index contributed by atoms with van der Waals surface area (Å²) in [6.45, 7) is 1.99. The zero-order chi connectivity index (χ0) is 9.10. The van der Waals surface area contributed by atoms with Gasteiger partial charge in [0.15, 0.2) is 0 Å². The molecule has 2 rings (SSSR count). The lowest BCUT2D eigenvalue weighted by atomic mass is 10.1. The number of anilines is 1. The number of piperidine rings is 1. The number of hydrogen-bond donors (Lipinski definition) is 1. The average Bonchev–Trinajstić information content (AvgIpc) is 2.19. The van der Waals surface area contributed by atoms with Crippen LogP contribution in [0, 0.1) is 0 Å². The number of rotatable bonds is 1. The summed E-state index contributed by atoms with van der Waals surface area (Å²) >= 11 is 0. The Bertz CT molecular complexity index is 262. The highest BCUT2D eigenvalue weighted by Crippen LogP contribution is 2.16. The van der Waals surface area contributed by atoms with Crippen molar-refractivity contribution in [3.05, 3.63) is 18.7 Å². The van der Waals surface area contributed by atoms with Crippen LogP contribution in [0.3, 0.4) is 0 Å². The first-order chi connectivity index (χ1) is 6.36. The molecule has 0 aromatic carbocycles. The predicted molar refractivity (Wildman–Crippen MR) is 51.5 cm³/mol. The third-order valence-electron chi connectivity index (χ3n) is 2.37. The predicted octanol–water partition coefficient (Wildman–Crippen LogP) is 0.404. The van der Waals surface area contributed by atoms with Crippen LogP contribution in [0.4, 0.5) is 5.69 Å². The second kappa shape index (κ2) is 3.70. The molecular formula is C9H14N4. The van der Waals surface area contributed by atoms with E-state index in [1.54, 1.807) is 6.33 Å². The van der Waals surface area contributed by atoms with Crippen molar-refractivity contribution in [3.63, 3.8) is 0 Å². The number of nitrogens with zero attached hydrogens (tertiary/aromatic N) is 3. The molecule has 0 bridgehead atoms. The Morgan fingerprint density at radius 1 is 1.38 bits per heavy atom. The molecule has 0 saturated carbocycles. The molecule has 4 heteroatoms. The first-order valence-electron chi connectivity index (χ1n) is 4.62. The quantitative estimate of drug-likeness (QED) is 0.676. The molecule has 1 saturated heterocycles. The third-order valence-corrected chi connectivity index (χ3v) is 2.37. The van der Waals surface area contributed by atoms with E-state index in [-0.39, 0.29) is 0 Å². The van der Waals surface area contributed by atoms with E-state index in [1.807, 2.05) is 12.4 Å². The van der Waals surface area contributed by atoms with Crippen molar-refractivity contribution in [1.29, 1.82) is 0 Å². The number of aromatic nitrogens is 2. The minimum absolute atomic E-state index is 0.300. The molecule has 0 unspecified atom stereocenters. The minimum Gasteiger partial charge on any atom is -0.367 e. The van der Waals surface area contributed by atoms with Crippen LogP contribution in [-0.2, 0) is 0 Å². The summed E-state index contributed by atoms with van der Waals surface area (Å²) in [5.74, 6) is 0. The Hall–Kier alpha value is -1.16.